The van der Waals surface area contributed by atoms with Gasteiger partial charge in [0, 0.05) is 12.2 Å². The second-order valence-electron chi connectivity index (χ2n) is 6.93. The van der Waals surface area contributed by atoms with Crippen LogP contribution in [0.5, 0.6) is 5.75 Å². The van der Waals surface area contributed by atoms with Crippen molar-refractivity contribution in [2.45, 2.75) is 18.9 Å². The Morgan fingerprint density at radius 2 is 2.00 bits per heavy atom. The molecule has 0 aromatic heterocycles. The molecule has 1 atom stereocenters. The SMILES string of the molecule is COc1ccc(NC(=O)COC(=O)c2ccc3c(c2)NC(=O)[C@H]2CCCN32)cc1. The quantitative estimate of drug-likeness (QED) is 0.755. The van der Waals surface area contributed by atoms with Crippen LogP contribution in [0.2, 0.25) is 0 Å². The Bertz CT molecular complexity index is 957. The predicted octanol–water partition coefficient (Wildman–Crippen LogP) is 2.41. The predicted molar refractivity (Wildman–Crippen MR) is 107 cm³/mol. The molecule has 1 saturated heterocycles. The monoisotopic (exact) mass is 395 g/mol. The highest BCUT2D eigenvalue weighted by molar-refractivity contribution is 6.05. The second-order valence-corrected chi connectivity index (χ2v) is 6.93. The number of anilines is 3. The lowest BCUT2D eigenvalue weighted by molar-refractivity contribution is -0.119. The van der Waals surface area contributed by atoms with E-state index in [1.807, 2.05) is 0 Å². The Morgan fingerprint density at radius 3 is 2.76 bits per heavy atom. The van der Waals surface area contributed by atoms with E-state index in [1.54, 1.807) is 49.6 Å². The maximum absolute atomic E-state index is 12.3. The van der Waals surface area contributed by atoms with Crippen LogP contribution in [-0.2, 0) is 14.3 Å². The molecule has 2 N–H and O–H groups in total. The van der Waals surface area contributed by atoms with Crippen molar-refractivity contribution in [3.8, 4) is 5.75 Å². The van der Waals surface area contributed by atoms with Gasteiger partial charge in [0.25, 0.3) is 5.91 Å². The van der Waals surface area contributed by atoms with Crippen LogP contribution in [0.25, 0.3) is 0 Å². The highest BCUT2D eigenvalue weighted by atomic mass is 16.5. The zero-order valence-corrected chi connectivity index (χ0v) is 15.9. The lowest BCUT2D eigenvalue weighted by Gasteiger charge is -2.33. The Hall–Kier alpha value is -3.55. The van der Waals surface area contributed by atoms with E-state index in [0.717, 1.165) is 25.1 Å². The highest BCUT2D eigenvalue weighted by Gasteiger charge is 2.36. The summed E-state index contributed by atoms with van der Waals surface area (Å²) in [6.45, 7) is 0.406. The van der Waals surface area contributed by atoms with Gasteiger partial charge in [0.15, 0.2) is 6.61 Å². The zero-order valence-electron chi connectivity index (χ0n) is 15.9. The molecule has 2 amide bonds. The average Bonchev–Trinajstić information content (AvgIpc) is 3.23. The summed E-state index contributed by atoms with van der Waals surface area (Å²) in [6, 6.07) is 11.7. The van der Waals surface area contributed by atoms with Crippen LogP contribution in [0.4, 0.5) is 17.1 Å². The number of hydrogen-bond donors (Lipinski definition) is 2. The van der Waals surface area contributed by atoms with Crippen molar-refractivity contribution >= 4 is 34.8 Å². The van der Waals surface area contributed by atoms with Gasteiger partial charge in [-0.15, -0.1) is 0 Å². The van der Waals surface area contributed by atoms with Crippen LogP contribution in [0.3, 0.4) is 0 Å². The van der Waals surface area contributed by atoms with Gasteiger partial charge >= 0.3 is 5.97 Å². The molecule has 1 fully saturated rings. The van der Waals surface area contributed by atoms with Crippen molar-refractivity contribution in [3.63, 3.8) is 0 Å². The van der Waals surface area contributed by atoms with Crippen LogP contribution in [-0.4, -0.2) is 44.1 Å². The van der Waals surface area contributed by atoms with E-state index in [0.29, 0.717) is 17.1 Å². The summed E-state index contributed by atoms with van der Waals surface area (Å²) in [5.74, 6) is -0.460. The number of methoxy groups -OCH3 is 1. The van der Waals surface area contributed by atoms with Crippen molar-refractivity contribution < 1.29 is 23.9 Å². The van der Waals surface area contributed by atoms with Crippen molar-refractivity contribution in [1.29, 1.82) is 0 Å². The molecule has 8 nitrogen and oxygen atoms in total. The van der Waals surface area contributed by atoms with Crippen molar-refractivity contribution in [1.82, 2.24) is 0 Å². The minimum atomic E-state index is -0.629. The number of ether oxygens (including phenoxy) is 2. The molecule has 0 bridgehead atoms. The molecule has 2 aliphatic rings. The maximum Gasteiger partial charge on any atom is 0.338 e. The number of nitrogens with zero attached hydrogens (tertiary/aromatic N) is 1. The number of hydrogen-bond acceptors (Lipinski definition) is 6. The summed E-state index contributed by atoms with van der Waals surface area (Å²) in [6.07, 6.45) is 1.79. The largest absolute Gasteiger partial charge is 0.497 e. The van der Waals surface area contributed by atoms with Gasteiger partial charge in [0.05, 0.1) is 24.0 Å². The van der Waals surface area contributed by atoms with Gasteiger partial charge in [-0.05, 0) is 55.3 Å². The van der Waals surface area contributed by atoms with Crippen molar-refractivity contribution in [3.05, 3.63) is 48.0 Å². The Labute approximate surface area is 167 Å². The molecule has 2 heterocycles. The summed E-state index contributed by atoms with van der Waals surface area (Å²) in [4.78, 5) is 38.6. The van der Waals surface area contributed by atoms with Crippen molar-refractivity contribution in [2.24, 2.45) is 0 Å². The molecule has 2 aromatic rings. The lowest BCUT2D eigenvalue weighted by Crippen LogP contribution is -2.43. The first-order valence-electron chi connectivity index (χ1n) is 9.38. The molecule has 4 rings (SSSR count). The minimum absolute atomic E-state index is 0.0561. The smallest absolute Gasteiger partial charge is 0.338 e. The van der Waals surface area contributed by atoms with E-state index in [9.17, 15) is 14.4 Å². The number of benzene rings is 2. The fourth-order valence-electron chi connectivity index (χ4n) is 3.64. The summed E-state index contributed by atoms with van der Waals surface area (Å²) in [5, 5.41) is 5.50. The van der Waals surface area contributed by atoms with Crippen LogP contribution in [0.1, 0.15) is 23.2 Å². The molecule has 0 saturated carbocycles. The molecule has 2 aromatic carbocycles. The molecule has 2 aliphatic heterocycles. The van der Waals surface area contributed by atoms with E-state index in [1.165, 1.54) is 0 Å². The number of carbonyl (C=O) groups is 3. The molecular formula is C21H21N3O5. The lowest BCUT2D eigenvalue weighted by atomic mass is 10.1. The van der Waals surface area contributed by atoms with Crippen LogP contribution < -0.4 is 20.3 Å². The van der Waals surface area contributed by atoms with Gasteiger partial charge in [-0.25, -0.2) is 4.79 Å². The first-order chi connectivity index (χ1) is 14.0. The molecule has 150 valence electrons. The summed E-state index contributed by atoms with van der Waals surface area (Å²) >= 11 is 0. The van der Waals surface area contributed by atoms with Crippen LogP contribution in [0.15, 0.2) is 42.5 Å². The van der Waals surface area contributed by atoms with Gasteiger partial charge in [-0.2, -0.15) is 0 Å². The summed E-state index contributed by atoms with van der Waals surface area (Å²) in [5.41, 5.74) is 2.34. The Kier molecular flexibility index (Phi) is 5.07. The van der Waals surface area contributed by atoms with Gasteiger partial charge in [-0.1, -0.05) is 0 Å². The van der Waals surface area contributed by atoms with E-state index < -0.39 is 18.5 Å². The standard InChI is InChI=1S/C21H21N3O5/c1-28-15-7-5-14(6-8-15)22-19(25)12-29-21(27)13-4-9-17-16(11-13)23-20(26)18-3-2-10-24(17)18/h4-9,11,18H,2-3,10,12H2,1H3,(H,22,25)(H,23,26)/t18-/m1/s1. The fraction of sp³-hybridized carbons (Fsp3) is 0.286. The first-order valence-corrected chi connectivity index (χ1v) is 9.38. The summed E-state index contributed by atoms with van der Waals surface area (Å²) in [7, 11) is 1.56. The normalized spacial score (nSPS) is 17.1. The third-order valence-corrected chi connectivity index (χ3v) is 5.06. The third-order valence-electron chi connectivity index (χ3n) is 5.06. The van der Waals surface area contributed by atoms with E-state index in [-0.39, 0.29) is 17.5 Å². The Morgan fingerprint density at radius 1 is 1.21 bits per heavy atom. The second kappa shape index (κ2) is 7.83. The zero-order chi connectivity index (χ0) is 20.4. The fourth-order valence-corrected chi connectivity index (χ4v) is 3.64. The van der Waals surface area contributed by atoms with Crippen LogP contribution >= 0.6 is 0 Å². The molecule has 0 unspecified atom stereocenters. The molecule has 0 aliphatic carbocycles. The number of carbonyl (C=O) groups excluding carboxylic acids is 3. The third kappa shape index (κ3) is 3.87. The molecule has 8 heteroatoms. The van der Waals surface area contributed by atoms with Gasteiger partial charge < -0.3 is 25.0 Å². The van der Waals surface area contributed by atoms with E-state index in [4.69, 9.17) is 9.47 Å². The van der Waals surface area contributed by atoms with Crippen LogP contribution in [0, 0.1) is 0 Å². The molecule has 0 spiro atoms. The van der Waals surface area contributed by atoms with E-state index in [2.05, 4.69) is 15.5 Å². The summed E-state index contributed by atoms with van der Waals surface area (Å²) < 4.78 is 10.2. The topological polar surface area (TPSA) is 97.0 Å². The molecular weight excluding hydrogens is 374 g/mol. The van der Waals surface area contributed by atoms with Crippen molar-refractivity contribution in [2.75, 3.05) is 35.8 Å². The number of nitrogens with one attached hydrogen (secondary N) is 2. The van der Waals surface area contributed by atoms with Gasteiger partial charge in [0.2, 0.25) is 5.91 Å². The molecule has 0 radical (unpaired) electrons. The number of amides is 2. The highest BCUT2D eigenvalue weighted by Crippen LogP contribution is 2.37. The number of esters is 1. The average molecular weight is 395 g/mol. The number of fused-ring (bicyclic) bond motifs is 3. The van der Waals surface area contributed by atoms with E-state index >= 15 is 0 Å². The number of rotatable bonds is 5. The molecule has 29 heavy (non-hydrogen) atoms. The van der Waals surface area contributed by atoms with Gasteiger partial charge in [0.1, 0.15) is 11.8 Å². The van der Waals surface area contributed by atoms with Gasteiger partial charge in [-0.3, -0.25) is 9.59 Å². The first kappa shape index (κ1) is 18.8. The maximum atomic E-state index is 12.3. The Balaban J connectivity index is 1.37. The minimum Gasteiger partial charge on any atom is -0.497 e.